The van der Waals surface area contributed by atoms with Crippen molar-refractivity contribution in [3.63, 3.8) is 0 Å². The van der Waals surface area contributed by atoms with Gasteiger partial charge in [0.05, 0.1) is 17.5 Å². The number of aryl methyl sites for hydroxylation is 1. The van der Waals surface area contributed by atoms with Crippen molar-refractivity contribution in [2.75, 3.05) is 5.32 Å². The molecule has 1 amide bonds. The Balaban J connectivity index is 1.73. The molecule has 25 heavy (non-hydrogen) atoms. The molecular weight excluding hydrogens is 318 g/mol. The molecule has 0 saturated heterocycles. The van der Waals surface area contributed by atoms with E-state index in [2.05, 4.69) is 10.3 Å². The van der Waals surface area contributed by atoms with E-state index in [1.54, 1.807) is 49.5 Å². The summed E-state index contributed by atoms with van der Waals surface area (Å²) < 4.78 is 1.49. The number of benzene rings is 2. The van der Waals surface area contributed by atoms with Gasteiger partial charge in [-0.15, -0.1) is 0 Å². The fourth-order valence-corrected chi connectivity index (χ4v) is 2.68. The SMILES string of the molecule is Cn1c(CCC(=O)Nc2cccc(CO)c2)nc2ccccc2c1=O. The molecule has 0 aliphatic carbocycles. The number of hydrogen-bond acceptors (Lipinski definition) is 4. The zero-order chi connectivity index (χ0) is 17.8. The Hall–Kier alpha value is -2.99. The van der Waals surface area contributed by atoms with Gasteiger partial charge in [-0.25, -0.2) is 4.98 Å². The van der Waals surface area contributed by atoms with E-state index >= 15 is 0 Å². The molecule has 0 fully saturated rings. The van der Waals surface area contributed by atoms with E-state index in [4.69, 9.17) is 5.11 Å². The van der Waals surface area contributed by atoms with Crippen LogP contribution in [0.1, 0.15) is 17.8 Å². The predicted molar refractivity (Wildman–Crippen MR) is 96.3 cm³/mol. The molecule has 2 aromatic carbocycles. The molecule has 3 rings (SSSR count). The van der Waals surface area contributed by atoms with Crippen LogP contribution in [0.3, 0.4) is 0 Å². The van der Waals surface area contributed by atoms with Crippen molar-refractivity contribution >= 4 is 22.5 Å². The zero-order valence-electron chi connectivity index (χ0n) is 13.9. The van der Waals surface area contributed by atoms with Gasteiger partial charge in [0.25, 0.3) is 5.56 Å². The molecule has 0 saturated carbocycles. The summed E-state index contributed by atoms with van der Waals surface area (Å²) in [6.07, 6.45) is 0.573. The molecule has 3 aromatic rings. The van der Waals surface area contributed by atoms with Crippen LogP contribution in [0.4, 0.5) is 5.69 Å². The van der Waals surface area contributed by atoms with Crippen LogP contribution in [0.5, 0.6) is 0 Å². The summed E-state index contributed by atoms with van der Waals surface area (Å²) in [5.74, 6) is 0.403. The Morgan fingerprint density at radius 2 is 2.00 bits per heavy atom. The quantitative estimate of drug-likeness (QED) is 0.746. The fraction of sp³-hybridized carbons (Fsp3) is 0.211. The van der Waals surface area contributed by atoms with Crippen LogP contribution in [0.2, 0.25) is 0 Å². The minimum Gasteiger partial charge on any atom is -0.392 e. The molecule has 0 spiro atoms. The Morgan fingerprint density at radius 1 is 1.20 bits per heavy atom. The van der Waals surface area contributed by atoms with Crippen LogP contribution in [0.15, 0.2) is 53.3 Å². The number of rotatable bonds is 5. The number of aromatic nitrogens is 2. The average Bonchev–Trinajstić information content (AvgIpc) is 2.63. The molecule has 0 atom stereocenters. The third kappa shape index (κ3) is 3.75. The summed E-state index contributed by atoms with van der Waals surface area (Å²) in [7, 11) is 1.67. The van der Waals surface area contributed by atoms with Gasteiger partial charge in [0.2, 0.25) is 5.91 Å². The maximum Gasteiger partial charge on any atom is 0.261 e. The molecule has 1 heterocycles. The highest BCUT2D eigenvalue weighted by atomic mass is 16.3. The number of hydrogen-bond donors (Lipinski definition) is 2. The maximum atomic E-state index is 12.4. The molecule has 128 valence electrons. The van der Waals surface area contributed by atoms with Gasteiger partial charge in [0, 0.05) is 25.6 Å². The van der Waals surface area contributed by atoms with E-state index in [-0.39, 0.29) is 24.5 Å². The molecule has 2 N–H and O–H groups in total. The molecule has 0 bridgehead atoms. The summed E-state index contributed by atoms with van der Waals surface area (Å²) in [5.41, 5.74) is 1.89. The van der Waals surface area contributed by atoms with Gasteiger partial charge in [-0.3, -0.25) is 14.2 Å². The molecule has 1 aromatic heterocycles. The van der Waals surface area contributed by atoms with Crippen molar-refractivity contribution in [1.82, 2.24) is 9.55 Å². The number of nitrogens with zero attached hydrogens (tertiary/aromatic N) is 2. The molecular formula is C19H19N3O3. The second-order valence-corrected chi connectivity index (χ2v) is 5.82. The van der Waals surface area contributed by atoms with E-state index in [0.717, 1.165) is 5.56 Å². The lowest BCUT2D eigenvalue weighted by Crippen LogP contribution is -2.23. The minimum atomic E-state index is -0.169. The minimum absolute atomic E-state index is 0.0766. The Morgan fingerprint density at radius 3 is 2.80 bits per heavy atom. The topological polar surface area (TPSA) is 84.2 Å². The van der Waals surface area contributed by atoms with Gasteiger partial charge in [-0.2, -0.15) is 0 Å². The first kappa shape index (κ1) is 16.9. The first-order valence-electron chi connectivity index (χ1n) is 8.03. The summed E-state index contributed by atoms with van der Waals surface area (Å²) in [6, 6.07) is 14.2. The second kappa shape index (κ2) is 7.27. The van der Waals surface area contributed by atoms with Crippen molar-refractivity contribution in [1.29, 1.82) is 0 Å². The molecule has 0 radical (unpaired) electrons. The summed E-state index contributed by atoms with van der Waals surface area (Å²) >= 11 is 0. The highest BCUT2D eigenvalue weighted by Gasteiger charge is 2.10. The van der Waals surface area contributed by atoms with Gasteiger partial charge in [0.15, 0.2) is 0 Å². The maximum absolute atomic E-state index is 12.4. The third-order valence-corrected chi connectivity index (χ3v) is 4.04. The summed E-state index contributed by atoms with van der Waals surface area (Å²) in [6.45, 7) is -0.0766. The van der Waals surface area contributed by atoms with E-state index < -0.39 is 0 Å². The van der Waals surface area contributed by atoms with Crippen molar-refractivity contribution < 1.29 is 9.90 Å². The number of anilines is 1. The van der Waals surface area contributed by atoms with Crippen LogP contribution in [0.25, 0.3) is 10.9 Å². The number of nitrogens with one attached hydrogen (secondary N) is 1. The van der Waals surface area contributed by atoms with Gasteiger partial charge in [-0.1, -0.05) is 24.3 Å². The van der Waals surface area contributed by atoms with Gasteiger partial charge >= 0.3 is 0 Å². The smallest absolute Gasteiger partial charge is 0.261 e. The van der Waals surface area contributed by atoms with Gasteiger partial charge in [0.1, 0.15) is 5.82 Å². The van der Waals surface area contributed by atoms with E-state index in [1.165, 1.54) is 4.57 Å². The molecule has 0 unspecified atom stereocenters. The monoisotopic (exact) mass is 337 g/mol. The van der Waals surface area contributed by atoms with Crippen LogP contribution in [0, 0.1) is 0 Å². The Bertz CT molecular complexity index is 979. The fourth-order valence-electron chi connectivity index (χ4n) is 2.68. The van der Waals surface area contributed by atoms with Crippen LogP contribution in [-0.2, 0) is 24.9 Å². The number of aliphatic hydroxyl groups excluding tert-OH is 1. The van der Waals surface area contributed by atoms with Crippen molar-refractivity contribution in [2.24, 2.45) is 7.05 Å². The van der Waals surface area contributed by atoms with Crippen molar-refractivity contribution in [2.45, 2.75) is 19.4 Å². The van der Waals surface area contributed by atoms with E-state index in [0.29, 0.717) is 28.8 Å². The number of para-hydroxylation sites is 1. The lowest BCUT2D eigenvalue weighted by Gasteiger charge is -2.10. The lowest BCUT2D eigenvalue weighted by atomic mass is 10.2. The largest absolute Gasteiger partial charge is 0.392 e. The highest BCUT2D eigenvalue weighted by Crippen LogP contribution is 2.12. The van der Waals surface area contributed by atoms with Crippen LogP contribution in [-0.4, -0.2) is 20.6 Å². The van der Waals surface area contributed by atoms with Gasteiger partial charge in [-0.05, 0) is 29.8 Å². The van der Waals surface area contributed by atoms with Crippen LogP contribution < -0.4 is 10.9 Å². The zero-order valence-corrected chi connectivity index (χ0v) is 13.9. The van der Waals surface area contributed by atoms with Crippen LogP contribution >= 0.6 is 0 Å². The predicted octanol–water partition coefficient (Wildman–Crippen LogP) is 2.00. The van der Waals surface area contributed by atoms with E-state index in [1.807, 2.05) is 6.07 Å². The average molecular weight is 337 g/mol. The number of fused-ring (bicyclic) bond motifs is 1. The molecule has 6 nitrogen and oxygen atoms in total. The van der Waals surface area contributed by atoms with Crippen molar-refractivity contribution in [3.8, 4) is 0 Å². The van der Waals surface area contributed by atoms with E-state index in [9.17, 15) is 9.59 Å². The lowest BCUT2D eigenvalue weighted by molar-refractivity contribution is -0.116. The standard InChI is InChI=1S/C19H19N3O3/c1-22-17(21-16-8-3-2-7-15(16)19(22)25)9-10-18(24)20-14-6-4-5-13(11-14)12-23/h2-8,11,23H,9-10,12H2,1H3,(H,20,24). The second-order valence-electron chi connectivity index (χ2n) is 5.82. The summed E-state index contributed by atoms with van der Waals surface area (Å²) in [5, 5.41) is 12.5. The van der Waals surface area contributed by atoms with Crippen molar-refractivity contribution in [3.05, 3.63) is 70.3 Å². The highest BCUT2D eigenvalue weighted by molar-refractivity contribution is 5.90. The third-order valence-electron chi connectivity index (χ3n) is 4.04. The Labute approximate surface area is 144 Å². The molecule has 0 aliphatic rings. The number of amides is 1. The number of aliphatic hydroxyl groups is 1. The molecule has 0 aliphatic heterocycles. The number of carbonyl (C=O) groups excluding carboxylic acids is 1. The first-order chi connectivity index (χ1) is 12.1. The first-order valence-corrected chi connectivity index (χ1v) is 8.03. The number of carbonyl (C=O) groups is 1. The summed E-state index contributed by atoms with van der Waals surface area (Å²) in [4.78, 5) is 29.0. The Kier molecular flexibility index (Phi) is 4.90. The van der Waals surface area contributed by atoms with Gasteiger partial charge < -0.3 is 10.4 Å². The normalized spacial score (nSPS) is 10.8. The molecule has 6 heteroatoms.